The number of hydrogen-bond donors (Lipinski definition) is 3. The highest BCUT2D eigenvalue weighted by Crippen LogP contribution is 2.23. The molecular formula is C11H21N3. The van der Waals surface area contributed by atoms with Gasteiger partial charge in [-0.15, -0.1) is 0 Å². The molecule has 1 aliphatic rings. The minimum Gasteiger partial charge on any atom is -0.401 e. The second kappa shape index (κ2) is 5.03. The van der Waals surface area contributed by atoms with Gasteiger partial charge in [-0.2, -0.15) is 0 Å². The number of amidine groups is 1. The molecule has 1 saturated carbocycles. The van der Waals surface area contributed by atoms with Gasteiger partial charge in [0.05, 0.1) is 0 Å². The smallest absolute Gasteiger partial charge is 0.101 e. The number of allylic oxidation sites excluding steroid dienone is 2. The monoisotopic (exact) mass is 195 g/mol. The van der Waals surface area contributed by atoms with E-state index in [-0.39, 0.29) is 0 Å². The SMILES string of the molecule is C/C(N)=C(\C)NC(=N)C1CCCCC1. The number of nitrogens with one attached hydrogen (secondary N) is 2. The molecule has 80 valence electrons. The van der Waals surface area contributed by atoms with Crippen molar-refractivity contribution in [2.24, 2.45) is 11.7 Å². The summed E-state index contributed by atoms with van der Waals surface area (Å²) in [7, 11) is 0. The Morgan fingerprint density at radius 2 is 1.79 bits per heavy atom. The standard InChI is InChI=1S/C11H21N3/c1-8(12)9(2)14-11(13)10-6-4-3-5-7-10/h10H,3-7,12H2,1-2H3,(H2,13,14)/b9-8-. The lowest BCUT2D eigenvalue weighted by atomic mass is 9.88. The van der Waals surface area contributed by atoms with E-state index in [4.69, 9.17) is 11.1 Å². The van der Waals surface area contributed by atoms with Crippen LogP contribution in [0.25, 0.3) is 0 Å². The quantitative estimate of drug-likeness (QED) is 0.468. The highest BCUT2D eigenvalue weighted by Gasteiger charge is 2.17. The molecule has 0 aromatic heterocycles. The molecule has 0 aromatic carbocycles. The van der Waals surface area contributed by atoms with Crippen LogP contribution in [0.15, 0.2) is 11.4 Å². The molecule has 0 radical (unpaired) electrons. The Labute approximate surface area is 86.3 Å². The van der Waals surface area contributed by atoms with E-state index in [9.17, 15) is 0 Å². The van der Waals surface area contributed by atoms with E-state index < -0.39 is 0 Å². The van der Waals surface area contributed by atoms with Crippen molar-refractivity contribution in [2.45, 2.75) is 46.0 Å². The van der Waals surface area contributed by atoms with Crippen LogP contribution >= 0.6 is 0 Å². The van der Waals surface area contributed by atoms with Crippen LogP contribution in [0.5, 0.6) is 0 Å². The highest BCUT2D eigenvalue weighted by atomic mass is 15.0. The fourth-order valence-corrected chi connectivity index (χ4v) is 1.79. The minimum absolute atomic E-state index is 0.429. The van der Waals surface area contributed by atoms with Crippen LogP contribution in [0.1, 0.15) is 46.0 Å². The van der Waals surface area contributed by atoms with Crippen LogP contribution in [-0.2, 0) is 0 Å². The summed E-state index contributed by atoms with van der Waals surface area (Å²) in [5, 5.41) is 11.0. The van der Waals surface area contributed by atoms with E-state index in [1.807, 2.05) is 13.8 Å². The van der Waals surface area contributed by atoms with Crippen LogP contribution in [0.4, 0.5) is 0 Å². The van der Waals surface area contributed by atoms with E-state index in [1.165, 1.54) is 19.3 Å². The van der Waals surface area contributed by atoms with Crippen molar-refractivity contribution in [3.05, 3.63) is 11.4 Å². The van der Waals surface area contributed by atoms with Gasteiger partial charge in [-0.1, -0.05) is 19.3 Å². The lowest BCUT2D eigenvalue weighted by molar-refractivity contribution is 0.432. The maximum Gasteiger partial charge on any atom is 0.101 e. The molecule has 0 heterocycles. The molecule has 14 heavy (non-hydrogen) atoms. The zero-order valence-electron chi connectivity index (χ0n) is 9.19. The van der Waals surface area contributed by atoms with E-state index >= 15 is 0 Å². The van der Waals surface area contributed by atoms with Crippen molar-refractivity contribution in [3.63, 3.8) is 0 Å². The Morgan fingerprint density at radius 1 is 1.21 bits per heavy atom. The lowest BCUT2D eigenvalue weighted by Crippen LogP contribution is -2.31. The summed E-state index contributed by atoms with van der Waals surface area (Å²) < 4.78 is 0. The van der Waals surface area contributed by atoms with Crippen LogP contribution in [0, 0.1) is 11.3 Å². The molecule has 0 bridgehead atoms. The molecule has 0 atom stereocenters. The first-order valence-electron chi connectivity index (χ1n) is 5.39. The van der Waals surface area contributed by atoms with Gasteiger partial charge < -0.3 is 11.1 Å². The molecule has 0 spiro atoms. The van der Waals surface area contributed by atoms with Crippen molar-refractivity contribution in [2.75, 3.05) is 0 Å². The normalized spacial score (nSPS) is 20.1. The fourth-order valence-electron chi connectivity index (χ4n) is 1.79. The topological polar surface area (TPSA) is 61.9 Å². The summed E-state index contributed by atoms with van der Waals surface area (Å²) >= 11 is 0. The van der Waals surface area contributed by atoms with Gasteiger partial charge in [0.25, 0.3) is 0 Å². The summed E-state index contributed by atoms with van der Waals surface area (Å²) in [6.07, 6.45) is 6.16. The van der Waals surface area contributed by atoms with E-state index in [1.54, 1.807) is 0 Å². The van der Waals surface area contributed by atoms with Crippen LogP contribution in [0.2, 0.25) is 0 Å². The molecule has 3 nitrogen and oxygen atoms in total. The van der Waals surface area contributed by atoms with Crippen LogP contribution in [-0.4, -0.2) is 5.84 Å². The van der Waals surface area contributed by atoms with Gasteiger partial charge in [0, 0.05) is 17.3 Å². The maximum atomic E-state index is 7.91. The first-order chi connectivity index (χ1) is 6.61. The van der Waals surface area contributed by atoms with Gasteiger partial charge in [0.1, 0.15) is 5.84 Å². The Bertz CT molecular complexity index is 233. The zero-order valence-corrected chi connectivity index (χ0v) is 9.19. The molecule has 1 aliphatic carbocycles. The zero-order chi connectivity index (χ0) is 10.6. The molecule has 1 fully saturated rings. The number of rotatable bonds is 2. The van der Waals surface area contributed by atoms with Crippen LogP contribution in [0.3, 0.4) is 0 Å². The molecule has 4 N–H and O–H groups in total. The van der Waals surface area contributed by atoms with Gasteiger partial charge in [-0.3, -0.25) is 5.41 Å². The third-order valence-corrected chi connectivity index (χ3v) is 2.93. The molecule has 0 unspecified atom stereocenters. The molecule has 0 amide bonds. The van der Waals surface area contributed by atoms with E-state index in [2.05, 4.69) is 5.32 Å². The van der Waals surface area contributed by atoms with Gasteiger partial charge in [-0.05, 0) is 26.7 Å². The largest absolute Gasteiger partial charge is 0.401 e. The average Bonchev–Trinajstić information content (AvgIpc) is 2.19. The predicted molar refractivity (Wildman–Crippen MR) is 60.0 cm³/mol. The first kappa shape index (κ1) is 11.1. The Balaban J connectivity index is 2.45. The van der Waals surface area contributed by atoms with E-state index in [0.717, 1.165) is 24.2 Å². The predicted octanol–water partition coefficient (Wildman–Crippen LogP) is 2.34. The van der Waals surface area contributed by atoms with Crippen LogP contribution < -0.4 is 11.1 Å². The second-order valence-electron chi connectivity index (χ2n) is 4.18. The molecule has 0 aliphatic heterocycles. The molecule has 0 aromatic rings. The fraction of sp³-hybridized carbons (Fsp3) is 0.727. The average molecular weight is 195 g/mol. The van der Waals surface area contributed by atoms with Gasteiger partial charge >= 0.3 is 0 Å². The number of hydrogen-bond acceptors (Lipinski definition) is 2. The summed E-state index contributed by atoms with van der Waals surface area (Å²) in [4.78, 5) is 0. The van der Waals surface area contributed by atoms with Crippen molar-refractivity contribution < 1.29 is 0 Å². The Morgan fingerprint density at radius 3 is 2.29 bits per heavy atom. The van der Waals surface area contributed by atoms with Gasteiger partial charge in [-0.25, -0.2) is 0 Å². The minimum atomic E-state index is 0.429. The lowest BCUT2D eigenvalue weighted by Gasteiger charge is -2.23. The summed E-state index contributed by atoms with van der Waals surface area (Å²) in [6.45, 7) is 3.78. The van der Waals surface area contributed by atoms with Crippen molar-refractivity contribution >= 4 is 5.84 Å². The van der Waals surface area contributed by atoms with E-state index in [0.29, 0.717) is 11.8 Å². The second-order valence-corrected chi connectivity index (χ2v) is 4.18. The first-order valence-corrected chi connectivity index (χ1v) is 5.39. The van der Waals surface area contributed by atoms with Gasteiger partial charge in [0.15, 0.2) is 0 Å². The highest BCUT2D eigenvalue weighted by molar-refractivity contribution is 5.83. The van der Waals surface area contributed by atoms with Crippen molar-refractivity contribution in [1.29, 1.82) is 5.41 Å². The Hall–Kier alpha value is -0.990. The molecule has 3 heteroatoms. The third kappa shape index (κ3) is 3.05. The number of nitrogens with two attached hydrogens (primary N) is 1. The molecule has 1 rings (SSSR count). The Kier molecular flexibility index (Phi) is 3.98. The third-order valence-electron chi connectivity index (χ3n) is 2.93. The van der Waals surface area contributed by atoms with Crippen molar-refractivity contribution in [1.82, 2.24) is 5.32 Å². The summed E-state index contributed by atoms with van der Waals surface area (Å²) in [5.74, 6) is 1.07. The van der Waals surface area contributed by atoms with Gasteiger partial charge in [0.2, 0.25) is 0 Å². The summed E-state index contributed by atoms with van der Waals surface area (Å²) in [6, 6.07) is 0. The van der Waals surface area contributed by atoms with Crippen molar-refractivity contribution in [3.8, 4) is 0 Å². The summed E-state index contributed by atoms with van der Waals surface area (Å²) in [5.41, 5.74) is 7.32. The molecule has 0 saturated heterocycles. The maximum absolute atomic E-state index is 7.91. The molecular weight excluding hydrogens is 174 g/mol.